The molecule has 1 amide bonds. The average molecular weight is 228 g/mol. The third-order valence-corrected chi connectivity index (χ3v) is 2.31. The minimum atomic E-state index is 0.0296. The number of nitrogens with one attached hydrogen (secondary N) is 1. The Balaban J connectivity index is 2.53. The first-order chi connectivity index (χ1) is 7.13. The maximum atomic E-state index is 11.0. The van der Waals surface area contributed by atoms with Crippen LogP contribution in [0, 0.1) is 0 Å². The molecule has 1 rings (SSSR count). The summed E-state index contributed by atoms with van der Waals surface area (Å²) in [4.78, 5) is 16.9. The van der Waals surface area contributed by atoms with Crippen molar-refractivity contribution < 1.29 is 4.79 Å². The quantitative estimate of drug-likeness (QED) is 0.789. The molecule has 0 saturated heterocycles. The van der Waals surface area contributed by atoms with Gasteiger partial charge < -0.3 is 10.2 Å². The largest absolute Gasteiger partial charge is 0.374 e. The highest BCUT2D eigenvalue weighted by atomic mass is 35.5. The van der Waals surface area contributed by atoms with Crippen molar-refractivity contribution in [1.29, 1.82) is 0 Å². The van der Waals surface area contributed by atoms with E-state index in [1.807, 2.05) is 18.0 Å². The monoisotopic (exact) mass is 227 g/mol. The van der Waals surface area contributed by atoms with Crippen LogP contribution in [0.1, 0.15) is 6.42 Å². The Morgan fingerprint density at radius 3 is 3.00 bits per heavy atom. The maximum Gasteiger partial charge on any atom is 0.221 e. The van der Waals surface area contributed by atoms with E-state index in [1.54, 1.807) is 19.3 Å². The molecule has 4 nitrogen and oxygen atoms in total. The van der Waals surface area contributed by atoms with Crippen LogP contribution in [0.25, 0.3) is 0 Å². The Morgan fingerprint density at radius 1 is 1.67 bits per heavy atom. The van der Waals surface area contributed by atoms with E-state index < -0.39 is 0 Å². The van der Waals surface area contributed by atoms with Crippen molar-refractivity contribution >= 4 is 23.2 Å². The lowest BCUT2D eigenvalue weighted by molar-refractivity contribution is -0.120. The zero-order valence-corrected chi connectivity index (χ0v) is 9.58. The fourth-order valence-electron chi connectivity index (χ4n) is 1.15. The van der Waals surface area contributed by atoms with Gasteiger partial charge >= 0.3 is 0 Å². The molecule has 1 heterocycles. The van der Waals surface area contributed by atoms with Crippen molar-refractivity contribution in [2.45, 2.75) is 6.42 Å². The standard InChI is InChI=1S/C10H14ClN3O/c1-12-10(15)4-6-14(2)8-3-5-13-9(11)7-8/h3,5,7H,4,6H2,1-2H3,(H,12,15). The van der Waals surface area contributed by atoms with Crippen LogP contribution in [0.2, 0.25) is 5.15 Å². The predicted octanol–water partition coefficient (Wildman–Crippen LogP) is 1.31. The highest BCUT2D eigenvalue weighted by Gasteiger charge is 2.04. The maximum absolute atomic E-state index is 11.0. The summed E-state index contributed by atoms with van der Waals surface area (Å²) in [5, 5.41) is 3.04. The first-order valence-corrected chi connectivity index (χ1v) is 5.04. The zero-order valence-electron chi connectivity index (χ0n) is 8.83. The highest BCUT2D eigenvalue weighted by Crippen LogP contribution is 2.15. The van der Waals surface area contributed by atoms with E-state index >= 15 is 0 Å². The third kappa shape index (κ3) is 3.75. The minimum Gasteiger partial charge on any atom is -0.374 e. The van der Waals surface area contributed by atoms with Gasteiger partial charge in [-0.25, -0.2) is 4.98 Å². The second-order valence-corrected chi connectivity index (χ2v) is 3.57. The number of halogens is 1. The predicted molar refractivity (Wildman–Crippen MR) is 61.2 cm³/mol. The van der Waals surface area contributed by atoms with Crippen LogP contribution in [-0.2, 0) is 4.79 Å². The number of pyridine rings is 1. The summed E-state index contributed by atoms with van der Waals surface area (Å²) in [6.45, 7) is 0.653. The van der Waals surface area contributed by atoms with Gasteiger partial charge in [-0.15, -0.1) is 0 Å². The Kier molecular flexibility index (Phi) is 4.37. The molecular formula is C10H14ClN3O. The second-order valence-electron chi connectivity index (χ2n) is 3.18. The highest BCUT2D eigenvalue weighted by molar-refractivity contribution is 6.29. The van der Waals surface area contributed by atoms with Gasteiger partial charge in [0.25, 0.3) is 0 Å². The van der Waals surface area contributed by atoms with Crippen molar-refractivity contribution in [3.63, 3.8) is 0 Å². The van der Waals surface area contributed by atoms with Gasteiger partial charge in [0.05, 0.1) is 0 Å². The van der Waals surface area contributed by atoms with E-state index in [0.29, 0.717) is 18.1 Å². The summed E-state index contributed by atoms with van der Waals surface area (Å²) in [5.41, 5.74) is 0.957. The number of carbonyl (C=O) groups is 1. The van der Waals surface area contributed by atoms with Gasteiger partial charge in [0, 0.05) is 38.9 Å². The Morgan fingerprint density at radius 2 is 2.40 bits per heavy atom. The summed E-state index contributed by atoms with van der Waals surface area (Å²) < 4.78 is 0. The first-order valence-electron chi connectivity index (χ1n) is 4.66. The van der Waals surface area contributed by atoms with E-state index in [0.717, 1.165) is 5.69 Å². The Labute approximate surface area is 94.3 Å². The molecule has 0 aliphatic carbocycles. The molecule has 1 aromatic rings. The van der Waals surface area contributed by atoms with Gasteiger partial charge in [0.15, 0.2) is 0 Å². The van der Waals surface area contributed by atoms with Crippen LogP contribution in [-0.4, -0.2) is 31.5 Å². The molecule has 1 aromatic heterocycles. The van der Waals surface area contributed by atoms with E-state index in [2.05, 4.69) is 10.3 Å². The third-order valence-electron chi connectivity index (χ3n) is 2.10. The number of aromatic nitrogens is 1. The molecule has 5 heteroatoms. The lowest BCUT2D eigenvalue weighted by Gasteiger charge is -2.18. The number of carbonyl (C=O) groups excluding carboxylic acids is 1. The van der Waals surface area contributed by atoms with Crippen molar-refractivity contribution in [2.24, 2.45) is 0 Å². The molecule has 0 aliphatic rings. The topological polar surface area (TPSA) is 45.2 Å². The number of anilines is 1. The van der Waals surface area contributed by atoms with Gasteiger partial charge in [-0.05, 0) is 12.1 Å². The van der Waals surface area contributed by atoms with E-state index in [9.17, 15) is 4.79 Å². The molecule has 0 spiro atoms. The van der Waals surface area contributed by atoms with Crippen LogP contribution in [0.5, 0.6) is 0 Å². The van der Waals surface area contributed by atoms with Gasteiger partial charge in [-0.1, -0.05) is 11.6 Å². The second kappa shape index (κ2) is 5.56. The molecule has 82 valence electrons. The van der Waals surface area contributed by atoms with E-state index in [-0.39, 0.29) is 5.91 Å². The summed E-state index contributed by atoms with van der Waals surface area (Å²) in [5.74, 6) is 0.0296. The number of hydrogen-bond donors (Lipinski definition) is 1. The normalized spacial score (nSPS) is 9.80. The Hall–Kier alpha value is -1.29. The smallest absolute Gasteiger partial charge is 0.221 e. The fraction of sp³-hybridized carbons (Fsp3) is 0.400. The van der Waals surface area contributed by atoms with Crippen LogP contribution in [0.4, 0.5) is 5.69 Å². The van der Waals surface area contributed by atoms with Gasteiger partial charge in [-0.3, -0.25) is 4.79 Å². The summed E-state index contributed by atoms with van der Waals surface area (Å²) in [7, 11) is 3.54. The number of hydrogen-bond acceptors (Lipinski definition) is 3. The fourth-order valence-corrected chi connectivity index (χ4v) is 1.32. The van der Waals surface area contributed by atoms with Gasteiger partial charge in [0.1, 0.15) is 5.15 Å². The zero-order chi connectivity index (χ0) is 11.3. The molecule has 0 fully saturated rings. The first kappa shape index (κ1) is 11.8. The number of amides is 1. The minimum absolute atomic E-state index is 0.0296. The lowest BCUT2D eigenvalue weighted by atomic mass is 10.3. The van der Waals surface area contributed by atoms with Gasteiger partial charge in [0.2, 0.25) is 5.91 Å². The SMILES string of the molecule is CNC(=O)CCN(C)c1ccnc(Cl)c1. The average Bonchev–Trinajstić information content (AvgIpc) is 2.25. The molecule has 0 aliphatic heterocycles. The Bertz CT molecular complexity index is 343. The molecule has 15 heavy (non-hydrogen) atoms. The summed E-state index contributed by atoms with van der Waals surface area (Å²) in [6, 6.07) is 3.63. The van der Waals surface area contributed by atoms with Crippen molar-refractivity contribution in [2.75, 3.05) is 25.5 Å². The number of rotatable bonds is 4. The van der Waals surface area contributed by atoms with Crippen molar-refractivity contribution in [1.82, 2.24) is 10.3 Å². The molecular weight excluding hydrogens is 214 g/mol. The van der Waals surface area contributed by atoms with E-state index in [1.165, 1.54) is 0 Å². The van der Waals surface area contributed by atoms with E-state index in [4.69, 9.17) is 11.6 Å². The molecule has 1 N–H and O–H groups in total. The summed E-state index contributed by atoms with van der Waals surface area (Å²) >= 11 is 5.76. The van der Waals surface area contributed by atoms with Gasteiger partial charge in [-0.2, -0.15) is 0 Å². The van der Waals surface area contributed by atoms with Crippen molar-refractivity contribution in [3.8, 4) is 0 Å². The molecule has 0 unspecified atom stereocenters. The summed E-state index contributed by atoms with van der Waals surface area (Å²) in [6.07, 6.45) is 2.11. The molecule has 0 saturated carbocycles. The molecule has 0 bridgehead atoms. The van der Waals surface area contributed by atoms with Crippen LogP contribution < -0.4 is 10.2 Å². The van der Waals surface area contributed by atoms with Crippen molar-refractivity contribution in [3.05, 3.63) is 23.5 Å². The lowest BCUT2D eigenvalue weighted by Crippen LogP contribution is -2.26. The van der Waals surface area contributed by atoms with Crippen LogP contribution in [0.3, 0.4) is 0 Å². The van der Waals surface area contributed by atoms with Crippen LogP contribution >= 0.6 is 11.6 Å². The van der Waals surface area contributed by atoms with Crippen LogP contribution in [0.15, 0.2) is 18.3 Å². The number of nitrogens with zero attached hydrogens (tertiary/aromatic N) is 2. The molecule has 0 atom stereocenters. The molecule has 0 radical (unpaired) electrons. The molecule has 0 aromatic carbocycles.